The molecule has 0 saturated carbocycles. The molecule has 1 fully saturated rings. The number of likely N-dealkylation sites (tertiary alicyclic amines) is 1. The van der Waals surface area contributed by atoms with Gasteiger partial charge in [0.1, 0.15) is 0 Å². The Balaban J connectivity index is 1.98. The van der Waals surface area contributed by atoms with Crippen LogP contribution in [0, 0.1) is 12.8 Å². The van der Waals surface area contributed by atoms with Gasteiger partial charge in [0.05, 0.1) is 6.42 Å². The molecule has 17 heavy (non-hydrogen) atoms. The molecule has 1 aromatic carbocycles. The van der Waals surface area contributed by atoms with E-state index in [1.165, 1.54) is 5.56 Å². The fraction of sp³-hybridized carbons (Fsp3) is 0.500. The topological polar surface area (TPSA) is 46.3 Å². The van der Waals surface area contributed by atoms with Crippen LogP contribution < -0.4 is 5.73 Å². The minimum atomic E-state index is 0.136. The van der Waals surface area contributed by atoms with Crippen LogP contribution in [0.2, 0.25) is 0 Å². The molecule has 1 aliphatic heterocycles. The first-order valence-corrected chi connectivity index (χ1v) is 6.15. The van der Waals surface area contributed by atoms with Gasteiger partial charge in [-0.1, -0.05) is 36.8 Å². The van der Waals surface area contributed by atoms with Gasteiger partial charge in [-0.3, -0.25) is 4.79 Å². The number of carbonyl (C=O) groups excluding carboxylic acids is 1. The average Bonchev–Trinajstić information content (AvgIpc) is 2.59. The van der Waals surface area contributed by atoms with Gasteiger partial charge in [0.25, 0.3) is 0 Å². The number of nitrogens with two attached hydrogens (primary N) is 1. The first kappa shape index (κ1) is 12.1. The van der Waals surface area contributed by atoms with Gasteiger partial charge in [0.15, 0.2) is 0 Å². The quantitative estimate of drug-likeness (QED) is 0.836. The summed E-state index contributed by atoms with van der Waals surface area (Å²) in [6.07, 6.45) is 0.487. The Bertz CT molecular complexity index is 406. The molecule has 0 radical (unpaired) electrons. The maximum absolute atomic E-state index is 12.1. The molecular weight excluding hydrogens is 212 g/mol. The molecule has 0 aliphatic carbocycles. The van der Waals surface area contributed by atoms with Crippen LogP contribution in [0.25, 0.3) is 0 Å². The van der Waals surface area contributed by atoms with Gasteiger partial charge < -0.3 is 10.6 Å². The van der Waals surface area contributed by atoms with E-state index >= 15 is 0 Å². The minimum Gasteiger partial charge on any atom is -0.341 e. The van der Waals surface area contributed by atoms with Crippen LogP contribution in [0.5, 0.6) is 0 Å². The van der Waals surface area contributed by atoms with Gasteiger partial charge in [-0.15, -0.1) is 0 Å². The summed E-state index contributed by atoms with van der Waals surface area (Å²) in [5.41, 5.74) is 8.21. The maximum atomic E-state index is 12.1. The molecule has 0 bridgehead atoms. The average molecular weight is 232 g/mol. The van der Waals surface area contributed by atoms with Crippen molar-refractivity contribution in [3.63, 3.8) is 0 Å². The number of amides is 1. The van der Waals surface area contributed by atoms with Crippen molar-refractivity contribution >= 4 is 5.91 Å². The Morgan fingerprint density at radius 3 is 2.82 bits per heavy atom. The number of aryl methyl sites for hydroxylation is 1. The lowest BCUT2D eigenvalue weighted by Crippen LogP contribution is -2.33. The summed E-state index contributed by atoms with van der Waals surface area (Å²) >= 11 is 0. The van der Waals surface area contributed by atoms with E-state index in [4.69, 9.17) is 5.73 Å². The molecule has 1 amide bonds. The molecule has 2 rings (SSSR count). The van der Waals surface area contributed by atoms with Crippen LogP contribution >= 0.6 is 0 Å². The summed E-state index contributed by atoms with van der Waals surface area (Å²) in [6.45, 7) is 5.64. The lowest BCUT2D eigenvalue weighted by atomic mass is 10.1. The van der Waals surface area contributed by atoms with E-state index in [2.05, 4.69) is 13.0 Å². The largest absolute Gasteiger partial charge is 0.341 e. The third kappa shape index (κ3) is 2.86. The van der Waals surface area contributed by atoms with Crippen LogP contribution in [0.1, 0.15) is 18.1 Å². The minimum absolute atomic E-state index is 0.136. The molecule has 3 heteroatoms. The molecule has 0 spiro atoms. The third-order valence-electron chi connectivity index (χ3n) is 3.46. The Kier molecular flexibility index (Phi) is 3.48. The molecule has 1 heterocycles. The van der Waals surface area contributed by atoms with Crippen molar-refractivity contribution in [3.8, 4) is 0 Å². The van der Waals surface area contributed by atoms with Crippen molar-refractivity contribution in [2.45, 2.75) is 26.3 Å². The summed E-state index contributed by atoms with van der Waals surface area (Å²) in [7, 11) is 0. The lowest BCUT2D eigenvalue weighted by molar-refractivity contribution is -0.129. The fourth-order valence-corrected chi connectivity index (χ4v) is 2.30. The third-order valence-corrected chi connectivity index (χ3v) is 3.46. The first-order valence-electron chi connectivity index (χ1n) is 6.15. The van der Waals surface area contributed by atoms with Gasteiger partial charge in [-0.25, -0.2) is 0 Å². The summed E-state index contributed by atoms with van der Waals surface area (Å²) in [6, 6.07) is 8.25. The van der Waals surface area contributed by atoms with Gasteiger partial charge in [0, 0.05) is 19.1 Å². The normalized spacial score (nSPS) is 24.1. The van der Waals surface area contributed by atoms with Crippen molar-refractivity contribution in [2.24, 2.45) is 11.7 Å². The van der Waals surface area contributed by atoms with Crippen LogP contribution in [0.3, 0.4) is 0 Å². The summed E-state index contributed by atoms with van der Waals surface area (Å²) in [5.74, 6) is 0.604. The summed E-state index contributed by atoms with van der Waals surface area (Å²) < 4.78 is 0. The highest BCUT2D eigenvalue weighted by Crippen LogP contribution is 2.16. The second-order valence-electron chi connectivity index (χ2n) is 5.11. The monoisotopic (exact) mass is 232 g/mol. The molecular formula is C14H20N2O. The first-order chi connectivity index (χ1) is 8.06. The number of benzene rings is 1. The molecule has 1 aliphatic rings. The molecule has 2 unspecified atom stereocenters. The van der Waals surface area contributed by atoms with E-state index in [0.717, 1.165) is 12.1 Å². The van der Waals surface area contributed by atoms with Gasteiger partial charge >= 0.3 is 0 Å². The highest BCUT2D eigenvalue weighted by atomic mass is 16.2. The zero-order valence-corrected chi connectivity index (χ0v) is 10.5. The van der Waals surface area contributed by atoms with E-state index in [1.54, 1.807) is 0 Å². The van der Waals surface area contributed by atoms with Crippen molar-refractivity contribution in [3.05, 3.63) is 35.4 Å². The number of rotatable bonds is 2. The molecule has 2 N–H and O–H groups in total. The Hall–Kier alpha value is -1.35. The molecule has 1 saturated heterocycles. The van der Waals surface area contributed by atoms with Crippen LogP contribution in [-0.4, -0.2) is 29.9 Å². The van der Waals surface area contributed by atoms with Gasteiger partial charge in [-0.05, 0) is 18.4 Å². The van der Waals surface area contributed by atoms with E-state index in [0.29, 0.717) is 18.9 Å². The zero-order chi connectivity index (χ0) is 12.4. The number of nitrogens with zero attached hydrogens (tertiary/aromatic N) is 1. The molecule has 2 atom stereocenters. The Morgan fingerprint density at radius 2 is 2.24 bits per heavy atom. The van der Waals surface area contributed by atoms with E-state index < -0.39 is 0 Å². The highest BCUT2D eigenvalue weighted by molar-refractivity contribution is 5.79. The van der Waals surface area contributed by atoms with Gasteiger partial charge in [0.2, 0.25) is 5.91 Å². The highest BCUT2D eigenvalue weighted by Gasteiger charge is 2.29. The van der Waals surface area contributed by atoms with Crippen LogP contribution in [-0.2, 0) is 11.2 Å². The smallest absolute Gasteiger partial charge is 0.227 e. The SMILES string of the molecule is Cc1cccc(CC(=O)N2CC(C)C(N)C2)c1. The summed E-state index contributed by atoms with van der Waals surface area (Å²) in [4.78, 5) is 14.0. The van der Waals surface area contributed by atoms with E-state index in [9.17, 15) is 4.79 Å². The van der Waals surface area contributed by atoms with Crippen LogP contribution in [0.4, 0.5) is 0 Å². The molecule has 3 nitrogen and oxygen atoms in total. The van der Waals surface area contributed by atoms with Crippen molar-refractivity contribution in [1.82, 2.24) is 4.90 Å². The fourth-order valence-electron chi connectivity index (χ4n) is 2.30. The van der Waals surface area contributed by atoms with Crippen LogP contribution in [0.15, 0.2) is 24.3 Å². The number of hydrogen-bond donors (Lipinski definition) is 1. The zero-order valence-electron chi connectivity index (χ0n) is 10.5. The van der Waals surface area contributed by atoms with Crippen molar-refractivity contribution in [1.29, 1.82) is 0 Å². The standard InChI is InChI=1S/C14H20N2O/c1-10-4-3-5-12(6-10)7-14(17)16-8-11(2)13(15)9-16/h3-6,11,13H,7-9,15H2,1-2H3. The van der Waals surface area contributed by atoms with Crippen molar-refractivity contribution in [2.75, 3.05) is 13.1 Å². The second-order valence-corrected chi connectivity index (χ2v) is 5.11. The predicted molar refractivity (Wildman–Crippen MR) is 68.6 cm³/mol. The Labute approximate surface area is 103 Å². The molecule has 1 aromatic rings. The van der Waals surface area contributed by atoms with Crippen molar-refractivity contribution < 1.29 is 4.79 Å². The second kappa shape index (κ2) is 4.88. The van der Waals surface area contributed by atoms with Gasteiger partial charge in [-0.2, -0.15) is 0 Å². The molecule has 0 aromatic heterocycles. The molecule has 92 valence electrons. The number of hydrogen-bond acceptors (Lipinski definition) is 2. The number of carbonyl (C=O) groups is 1. The predicted octanol–water partition coefficient (Wildman–Crippen LogP) is 1.34. The summed E-state index contributed by atoms with van der Waals surface area (Å²) in [5, 5.41) is 0. The van der Waals surface area contributed by atoms with E-state index in [1.807, 2.05) is 30.0 Å². The lowest BCUT2D eigenvalue weighted by Gasteiger charge is -2.16. The van der Waals surface area contributed by atoms with E-state index in [-0.39, 0.29) is 11.9 Å². The Morgan fingerprint density at radius 1 is 1.47 bits per heavy atom. The maximum Gasteiger partial charge on any atom is 0.227 e.